The zero-order valence-corrected chi connectivity index (χ0v) is 14.0. The van der Waals surface area contributed by atoms with Crippen molar-refractivity contribution in [1.82, 2.24) is 25.5 Å². The monoisotopic (exact) mass is 367 g/mol. The second-order valence-corrected chi connectivity index (χ2v) is 5.65. The minimum atomic E-state index is -0.352. The van der Waals surface area contributed by atoms with Gasteiger partial charge in [-0.25, -0.2) is 4.39 Å². The minimum absolute atomic E-state index is 0.120. The molecule has 0 fully saturated rings. The Hall–Kier alpha value is -3.75. The second-order valence-electron chi connectivity index (χ2n) is 5.65. The Morgan fingerprint density at radius 3 is 2.85 bits per heavy atom. The van der Waals surface area contributed by atoms with Crippen LogP contribution in [0.5, 0.6) is 11.5 Å². The first kappa shape index (κ1) is 16.7. The molecule has 1 aliphatic rings. The summed E-state index contributed by atoms with van der Waals surface area (Å²) in [5.41, 5.74) is 1.41. The zero-order valence-electron chi connectivity index (χ0n) is 14.0. The van der Waals surface area contributed by atoms with E-state index in [4.69, 9.17) is 9.47 Å². The van der Waals surface area contributed by atoms with E-state index in [1.165, 1.54) is 22.9 Å². The van der Waals surface area contributed by atoms with E-state index in [0.29, 0.717) is 23.0 Å². The number of benzene rings is 2. The predicted octanol–water partition coefficient (Wildman–Crippen LogP) is 1.86. The number of fused-ring (bicyclic) bond motifs is 1. The molecule has 0 saturated heterocycles. The molecule has 0 aliphatic carbocycles. The van der Waals surface area contributed by atoms with Crippen molar-refractivity contribution in [3.8, 4) is 17.2 Å². The first-order chi connectivity index (χ1) is 13.2. The molecule has 2 heterocycles. The van der Waals surface area contributed by atoms with E-state index < -0.39 is 0 Å². The quantitative estimate of drug-likeness (QED) is 0.692. The van der Waals surface area contributed by atoms with Gasteiger partial charge < -0.3 is 14.8 Å². The third kappa shape index (κ3) is 3.76. The van der Waals surface area contributed by atoms with Crippen LogP contribution in [0.4, 0.5) is 4.39 Å². The normalized spacial score (nSPS) is 12.5. The smallest absolute Gasteiger partial charge is 0.244 e. The van der Waals surface area contributed by atoms with Crippen molar-refractivity contribution in [2.45, 2.75) is 6.54 Å². The number of ether oxygens (including phenoxy) is 2. The number of hydrogen-bond donors (Lipinski definition) is 1. The number of carbonyl (C=O) groups is 1. The van der Waals surface area contributed by atoms with E-state index in [1.807, 2.05) is 6.07 Å². The molecule has 136 valence electrons. The molecule has 9 heteroatoms. The van der Waals surface area contributed by atoms with Crippen LogP contribution in [0.2, 0.25) is 0 Å². The fraction of sp³-hybridized carbons (Fsp3) is 0.111. The van der Waals surface area contributed by atoms with Gasteiger partial charge in [-0.05, 0) is 58.5 Å². The molecule has 0 atom stereocenters. The average Bonchev–Trinajstić information content (AvgIpc) is 3.34. The number of aromatic nitrogens is 4. The molecule has 4 rings (SSSR count). The molecule has 1 aliphatic heterocycles. The van der Waals surface area contributed by atoms with Crippen molar-refractivity contribution in [3.05, 3.63) is 65.7 Å². The number of amides is 1. The molecule has 1 amide bonds. The Bertz CT molecular complexity index is 1000. The van der Waals surface area contributed by atoms with Crippen LogP contribution in [0.3, 0.4) is 0 Å². The highest BCUT2D eigenvalue weighted by molar-refractivity contribution is 5.91. The SMILES string of the molecule is O=C(C=Cc1ccc2c(c1)OCO2)NCc1nnnn1-c1ccc(F)cc1. The van der Waals surface area contributed by atoms with Crippen molar-refractivity contribution >= 4 is 12.0 Å². The first-order valence-corrected chi connectivity index (χ1v) is 8.08. The van der Waals surface area contributed by atoms with Gasteiger partial charge in [0, 0.05) is 6.08 Å². The van der Waals surface area contributed by atoms with Gasteiger partial charge in [0.15, 0.2) is 17.3 Å². The fourth-order valence-electron chi connectivity index (χ4n) is 2.51. The molecular weight excluding hydrogens is 353 g/mol. The molecule has 2 aromatic carbocycles. The van der Waals surface area contributed by atoms with E-state index in [-0.39, 0.29) is 25.1 Å². The predicted molar refractivity (Wildman–Crippen MR) is 92.6 cm³/mol. The van der Waals surface area contributed by atoms with Gasteiger partial charge in [-0.1, -0.05) is 6.07 Å². The molecule has 0 radical (unpaired) electrons. The molecule has 0 bridgehead atoms. The summed E-state index contributed by atoms with van der Waals surface area (Å²) in [6.45, 7) is 0.320. The maximum atomic E-state index is 13.0. The van der Waals surface area contributed by atoms with Crippen molar-refractivity contribution in [3.63, 3.8) is 0 Å². The van der Waals surface area contributed by atoms with E-state index in [1.54, 1.807) is 30.3 Å². The van der Waals surface area contributed by atoms with E-state index in [9.17, 15) is 9.18 Å². The Kier molecular flexibility index (Phi) is 4.48. The highest BCUT2D eigenvalue weighted by atomic mass is 19.1. The van der Waals surface area contributed by atoms with Crippen molar-refractivity contribution in [2.75, 3.05) is 6.79 Å². The van der Waals surface area contributed by atoms with Crippen molar-refractivity contribution in [1.29, 1.82) is 0 Å². The average molecular weight is 367 g/mol. The highest BCUT2D eigenvalue weighted by Crippen LogP contribution is 2.32. The molecular formula is C18H14FN5O3. The molecule has 3 aromatic rings. The van der Waals surface area contributed by atoms with Gasteiger partial charge in [-0.3, -0.25) is 4.79 Å². The summed E-state index contributed by atoms with van der Waals surface area (Å²) < 4.78 is 25.0. The van der Waals surface area contributed by atoms with E-state index >= 15 is 0 Å². The summed E-state index contributed by atoms with van der Waals surface area (Å²) >= 11 is 0. The van der Waals surface area contributed by atoms with Crippen LogP contribution < -0.4 is 14.8 Å². The summed E-state index contributed by atoms with van der Waals surface area (Å²) in [5.74, 6) is 1.10. The molecule has 8 nitrogen and oxygen atoms in total. The summed E-state index contributed by atoms with van der Waals surface area (Å²) in [7, 11) is 0. The Morgan fingerprint density at radius 2 is 2.00 bits per heavy atom. The van der Waals surface area contributed by atoms with Crippen LogP contribution >= 0.6 is 0 Å². The van der Waals surface area contributed by atoms with E-state index in [2.05, 4.69) is 20.8 Å². The summed E-state index contributed by atoms with van der Waals surface area (Å²) in [5, 5.41) is 14.1. The number of halogens is 1. The third-order valence-corrected chi connectivity index (χ3v) is 3.85. The molecule has 0 saturated carbocycles. The van der Waals surface area contributed by atoms with Crippen LogP contribution in [-0.2, 0) is 11.3 Å². The second kappa shape index (κ2) is 7.24. The van der Waals surface area contributed by atoms with Gasteiger partial charge in [-0.2, -0.15) is 4.68 Å². The number of rotatable bonds is 5. The van der Waals surface area contributed by atoms with Gasteiger partial charge in [0.1, 0.15) is 5.82 Å². The van der Waals surface area contributed by atoms with Crippen molar-refractivity contribution in [2.24, 2.45) is 0 Å². The van der Waals surface area contributed by atoms with Gasteiger partial charge in [0.2, 0.25) is 12.7 Å². The topological polar surface area (TPSA) is 91.2 Å². The lowest BCUT2D eigenvalue weighted by Crippen LogP contribution is -2.22. The van der Waals surface area contributed by atoms with Crippen LogP contribution in [0.1, 0.15) is 11.4 Å². The molecule has 0 unspecified atom stereocenters. The molecule has 1 N–H and O–H groups in total. The summed E-state index contributed by atoms with van der Waals surface area (Å²) in [6.07, 6.45) is 3.07. The standard InChI is InChI=1S/C18H14FN5O3/c19-13-3-5-14(6-4-13)24-17(21-22-23-24)10-20-18(25)8-2-12-1-7-15-16(9-12)27-11-26-15/h1-9H,10-11H2,(H,20,25). The third-order valence-electron chi connectivity index (χ3n) is 3.85. The Labute approximate surface area is 153 Å². The minimum Gasteiger partial charge on any atom is -0.454 e. The first-order valence-electron chi connectivity index (χ1n) is 8.08. The lowest BCUT2D eigenvalue weighted by Gasteiger charge is -2.05. The highest BCUT2D eigenvalue weighted by Gasteiger charge is 2.12. The van der Waals surface area contributed by atoms with Gasteiger partial charge in [0.25, 0.3) is 0 Å². The number of tetrazole rings is 1. The fourth-order valence-corrected chi connectivity index (χ4v) is 2.51. The maximum absolute atomic E-state index is 13.0. The summed E-state index contributed by atoms with van der Waals surface area (Å²) in [6, 6.07) is 11.1. The van der Waals surface area contributed by atoms with E-state index in [0.717, 1.165) is 5.56 Å². The Morgan fingerprint density at radius 1 is 1.19 bits per heavy atom. The number of nitrogens with zero attached hydrogens (tertiary/aromatic N) is 4. The number of hydrogen-bond acceptors (Lipinski definition) is 6. The van der Waals surface area contributed by atoms with Gasteiger partial charge in [0.05, 0.1) is 12.2 Å². The summed E-state index contributed by atoms with van der Waals surface area (Å²) in [4.78, 5) is 12.1. The van der Waals surface area contributed by atoms with Gasteiger partial charge >= 0.3 is 0 Å². The van der Waals surface area contributed by atoms with Crippen LogP contribution in [-0.4, -0.2) is 32.9 Å². The van der Waals surface area contributed by atoms with Gasteiger partial charge in [-0.15, -0.1) is 5.10 Å². The van der Waals surface area contributed by atoms with Crippen LogP contribution in [0.15, 0.2) is 48.5 Å². The molecule has 0 spiro atoms. The largest absolute Gasteiger partial charge is 0.454 e. The Balaban J connectivity index is 1.38. The lowest BCUT2D eigenvalue weighted by atomic mass is 10.2. The molecule has 27 heavy (non-hydrogen) atoms. The maximum Gasteiger partial charge on any atom is 0.244 e. The zero-order chi connectivity index (χ0) is 18.6. The number of nitrogens with one attached hydrogen (secondary N) is 1. The van der Waals surface area contributed by atoms with Crippen LogP contribution in [0.25, 0.3) is 11.8 Å². The number of carbonyl (C=O) groups excluding carboxylic acids is 1. The van der Waals surface area contributed by atoms with Crippen molar-refractivity contribution < 1.29 is 18.7 Å². The lowest BCUT2D eigenvalue weighted by molar-refractivity contribution is -0.116. The van der Waals surface area contributed by atoms with Crippen LogP contribution in [0, 0.1) is 5.82 Å². The molecule has 1 aromatic heterocycles.